The van der Waals surface area contributed by atoms with E-state index in [0.29, 0.717) is 5.69 Å². The zero-order chi connectivity index (χ0) is 18.9. The van der Waals surface area contributed by atoms with Crippen LogP contribution >= 0.6 is 22.9 Å². The van der Waals surface area contributed by atoms with Gasteiger partial charge < -0.3 is 10.1 Å². The predicted molar refractivity (Wildman–Crippen MR) is 88.1 cm³/mol. The molecule has 0 aliphatic carbocycles. The van der Waals surface area contributed by atoms with Crippen molar-refractivity contribution < 1.29 is 27.5 Å². The van der Waals surface area contributed by atoms with Crippen molar-refractivity contribution in [3.05, 3.63) is 45.4 Å². The first-order valence-corrected chi connectivity index (χ1v) is 8.54. The lowest BCUT2D eigenvalue weighted by atomic mass is 9.89. The van der Waals surface area contributed by atoms with Gasteiger partial charge in [0.25, 0.3) is 5.60 Å². The van der Waals surface area contributed by atoms with Crippen LogP contribution in [0.1, 0.15) is 11.3 Å². The Balaban J connectivity index is 1.92. The average Bonchev–Trinajstić information content (AvgIpc) is 3.05. The molecule has 138 valence electrons. The summed E-state index contributed by atoms with van der Waals surface area (Å²) < 4.78 is 46.3. The Kier molecular flexibility index (Phi) is 4.80. The Morgan fingerprint density at radius 1 is 1.42 bits per heavy atom. The van der Waals surface area contributed by atoms with E-state index in [2.05, 4.69) is 20.4 Å². The second-order valence-electron chi connectivity index (χ2n) is 5.46. The number of thiazole rings is 1. The van der Waals surface area contributed by atoms with Crippen molar-refractivity contribution in [3.63, 3.8) is 0 Å². The highest BCUT2D eigenvalue weighted by Gasteiger charge is 2.62. The van der Waals surface area contributed by atoms with Crippen LogP contribution in [0.15, 0.2) is 29.1 Å². The van der Waals surface area contributed by atoms with Crippen molar-refractivity contribution in [2.45, 2.75) is 18.2 Å². The maximum Gasteiger partial charge on any atom is 0.434 e. The second-order valence-corrected chi connectivity index (χ2v) is 6.62. The molecule has 0 radical (unpaired) electrons. The summed E-state index contributed by atoms with van der Waals surface area (Å²) in [7, 11) is 0. The standard InChI is InChI=1S/C15H11ClF3N3O3S/c16-8-1-2-11-10(3-8)14(15(17,18)19,25-13(24)22-11)6-20-12(23)4-9-5-26-7-21-9/h1-3,5,7H,4,6H2,(H,20,23)(H,22,24). The molecule has 1 aromatic heterocycles. The van der Waals surface area contributed by atoms with E-state index in [0.717, 1.165) is 6.07 Å². The Morgan fingerprint density at radius 2 is 2.19 bits per heavy atom. The topological polar surface area (TPSA) is 80.3 Å². The summed E-state index contributed by atoms with van der Waals surface area (Å²) in [5, 5.41) is 6.02. The van der Waals surface area contributed by atoms with Gasteiger partial charge in [-0.3, -0.25) is 10.1 Å². The number of nitrogens with zero attached hydrogens (tertiary/aromatic N) is 1. The SMILES string of the molecule is O=C(Cc1cscn1)NCC1(C(F)(F)F)OC(=O)Nc2ccc(Cl)cc21. The molecule has 11 heteroatoms. The lowest BCUT2D eigenvalue weighted by Gasteiger charge is -2.39. The maximum absolute atomic E-state index is 13.9. The number of ether oxygens (including phenoxy) is 1. The molecule has 3 rings (SSSR count). The number of cyclic esters (lactones) is 1. The van der Waals surface area contributed by atoms with Crippen LogP contribution in [0.2, 0.25) is 5.02 Å². The van der Waals surface area contributed by atoms with E-state index < -0.39 is 30.3 Å². The molecule has 0 bridgehead atoms. The molecule has 1 unspecified atom stereocenters. The van der Waals surface area contributed by atoms with Crippen molar-refractivity contribution in [1.29, 1.82) is 0 Å². The first-order chi connectivity index (χ1) is 12.2. The third-order valence-electron chi connectivity index (χ3n) is 3.74. The number of carbonyl (C=O) groups is 2. The Labute approximate surface area is 154 Å². The average molecular weight is 406 g/mol. The minimum absolute atomic E-state index is 0.0333. The molecule has 2 heterocycles. The van der Waals surface area contributed by atoms with E-state index >= 15 is 0 Å². The summed E-state index contributed by atoms with van der Waals surface area (Å²) >= 11 is 7.08. The van der Waals surface area contributed by atoms with Crippen molar-refractivity contribution in [2.24, 2.45) is 0 Å². The van der Waals surface area contributed by atoms with E-state index in [1.807, 2.05) is 0 Å². The number of amides is 2. The van der Waals surface area contributed by atoms with Gasteiger partial charge in [-0.15, -0.1) is 11.3 Å². The molecule has 1 aliphatic rings. The van der Waals surface area contributed by atoms with Crippen molar-refractivity contribution >= 4 is 40.6 Å². The van der Waals surface area contributed by atoms with Gasteiger partial charge in [-0.05, 0) is 18.2 Å². The number of anilines is 1. The van der Waals surface area contributed by atoms with Crippen LogP contribution in [0.3, 0.4) is 0 Å². The highest BCUT2D eigenvalue weighted by atomic mass is 35.5. The summed E-state index contributed by atoms with van der Waals surface area (Å²) in [5.41, 5.74) is -1.58. The van der Waals surface area contributed by atoms with Crippen molar-refractivity contribution in [1.82, 2.24) is 10.3 Å². The third kappa shape index (κ3) is 3.47. The number of fused-ring (bicyclic) bond motifs is 1. The first kappa shape index (κ1) is 18.5. The smallest absolute Gasteiger partial charge is 0.426 e. The Bertz CT molecular complexity index is 844. The van der Waals surface area contributed by atoms with Crippen molar-refractivity contribution in [2.75, 3.05) is 11.9 Å². The van der Waals surface area contributed by atoms with Crippen LogP contribution < -0.4 is 10.6 Å². The minimum Gasteiger partial charge on any atom is -0.426 e. The summed E-state index contributed by atoms with van der Waals surface area (Å²) in [4.78, 5) is 27.6. The molecule has 1 aliphatic heterocycles. The van der Waals surface area contributed by atoms with E-state index in [-0.39, 0.29) is 22.7 Å². The quantitative estimate of drug-likeness (QED) is 0.816. The van der Waals surface area contributed by atoms with Crippen LogP contribution in [-0.2, 0) is 21.6 Å². The van der Waals surface area contributed by atoms with Gasteiger partial charge in [0.2, 0.25) is 5.91 Å². The number of aromatic nitrogens is 1. The summed E-state index contributed by atoms with van der Waals surface area (Å²) in [6.45, 7) is -0.986. The highest BCUT2D eigenvalue weighted by molar-refractivity contribution is 7.07. The largest absolute Gasteiger partial charge is 0.434 e. The molecule has 1 atom stereocenters. The Morgan fingerprint density at radius 3 is 2.85 bits per heavy atom. The molecule has 2 N–H and O–H groups in total. The first-order valence-electron chi connectivity index (χ1n) is 7.22. The third-order valence-corrected chi connectivity index (χ3v) is 4.61. The van der Waals surface area contributed by atoms with Gasteiger partial charge >= 0.3 is 12.3 Å². The van der Waals surface area contributed by atoms with Gasteiger partial charge in [-0.1, -0.05) is 11.6 Å². The van der Waals surface area contributed by atoms with Gasteiger partial charge in [-0.25, -0.2) is 9.78 Å². The number of benzene rings is 1. The summed E-state index contributed by atoms with van der Waals surface area (Å²) in [5.74, 6) is -0.683. The van der Waals surface area contributed by atoms with E-state index in [1.165, 1.54) is 29.0 Å². The van der Waals surface area contributed by atoms with Gasteiger partial charge in [0, 0.05) is 16.0 Å². The molecule has 0 saturated carbocycles. The molecule has 1 aromatic carbocycles. The van der Waals surface area contributed by atoms with Crippen LogP contribution in [0, 0.1) is 0 Å². The summed E-state index contributed by atoms with van der Waals surface area (Å²) in [6.07, 6.45) is -6.45. The predicted octanol–water partition coefficient (Wildman–Crippen LogP) is 3.48. The molecule has 0 fully saturated rings. The minimum atomic E-state index is -4.99. The zero-order valence-electron chi connectivity index (χ0n) is 12.9. The molecule has 6 nitrogen and oxygen atoms in total. The monoisotopic (exact) mass is 405 g/mol. The van der Waals surface area contributed by atoms with Gasteiger partial charge in [0.05, 0.1) is 29.9 Å². The molecule has 2 aromatic rings. The fraction of sp³-hybridized carbons (Fsp3) is 0.267. The number of carbonyl (C=O) groups excluding carboxylic acids is 2. The Hall–Kier alpha value is -2.33. The summed E-state index contributed by atoms with van der Waals surface area (Å²) in [6, 6.07) is 3.64. The van der Waals surface area contributed by atoms with E-state index in [4.69, 9.17) is 11.6 Å². The fourth-order valence-electron chi connectivity index (χ4n) is 2.53. The normalized spacial score (nSPS) is 19.3. The fourth-order valence-corrected chi connectivity index (χ4v) is 3.26. The number of nitrogens with one attached hydrogen (secondary N) is 2. The van der Waals surface area contributed by atoms with Crippen LogP contribution in [0.5, 0.6) is 0 Å². The van der Waals surface area contributed by atoms with Gasteiger partial charge in [0.1, 0.15) is 0 Å². The van der Waals surface area contributed by atoms with Crippen LogP contribution in [0.25, 0.3) is 0 Å². The van der Waals surface area contributed by atoms with Crippen molar-refractivity contribution in [3.8, 4) is 0 Å². The van der Waals surface area contributed by atoms with E-state index in [1.54, 1.807) is 5.38 Å². The zero-order valence-corrected chi connectivity index (χ0v) is 14.5. The lowest BCUT2D eigenvalue weighted by molar-refractivity contribution is -0.262. The molecular weight excluding hydrogens is 395 g/mol. The number of rotatable bonds is 4. The molecule has 0 spiro atoms. The maximum atomic E-state index is 13.9. The van der Waals surface area contributed by atoms with Gasteiger partial charge in [0.15, 0.2) is 0 Å². The van der Waals surface area contributed by atoms with Gasteiger partial charge in [-0.2, -0.15) is 13.2 Å². The number of halogens is 4. The lowest BCUT2D eigenvalue weighted by Crippen LogP contribution is -2.56. The van der Waals surface area contributed by atoms with Crippen LogP contribution in [-0.4, -0.2) is 29.7 Å². The molecule has 0 saturated heterocycles. The molecular formula is C15H11ClF3N3O3S. The highest BCUT2D eigenvalue weighted by Crippen LogP contribution is 2.47. The second kappa shape index (κ2) is 6.76. The molecule has 26 heavy (non-hydrogen) atoms. The number of alkyl halides is 3. The van der Waals surface area contributed by atoms with Crippen LogP contribution in [0.4, 0.5) is 23.7 Å². The number of hydrogen-bond acceptors (Lipinski definition) is 5. The number of hydrogen-bond donors (Lipinski definition) is 2. The van der Waals surface area contributed by atoms with E-state index in [9.17, 15) is 22.8 Å². The molecule has 2 amide bonds.